The summed E-state index contributed by atoms with van der Waals surface area (Å²) in [4.78, 5) is 2.92. The SMILES string of the molecule is Cc1[nH]c2ccc(NS(=O)(=O)c3ccc(O)cc3O)cc2c1C. The Morgan fingerprint density at radius 3 is 2.48 bits per heavy atom. The molecule has 3 rings (SSSR count). The molecule has 0 saturated heterocycles. The zero-order valence-corrected chi connectivity index (χ0v) is 13.4. The Bertz CT molecular complexity index is 1010. The smallest absolute Gasteiger partial charge is 0.265 e. The van der Waals surface area contributed by atoms with Crippen molar-refractivity contribution in [3.8, 4) is 11.5 Å². The van der Waals surface area contributed by atoms with Crippen molar-refractivity contribution in [1.29, 1.82) is 0 Å². The Morgan fingerprint density at radius 2 is 1.78 bits per heavy atom. The Morgan fingerprint density at radius 1 is 1.04 bits per heavy atom. The van der Waals surface area contributed by atoms with E-state index in [0.29, 0.717) is 5.69 Å². The first kappa shape index (κ1) is 15.2. The summed E-state index contributed by atoms with van der Waals surface area (Å²) in [6.45, 7) is 3.91. The second kappa shape index (κ2) is 5.20. The monoisotopic (exact) mass is 332 g/mol. The van der Waals surface area contributed by atoms with E-state index in [1.165, 1.54) is 6.07 Å². The van der Waals surface area contributed by atoms with Gasteiger partial charge < -0.3 is 15.2 Å². The van der Waals surface area contributed by atoms with Gasteiger partial charge in [-0.3, -0.25) is 4.72 Å². The Kier molecular flexibility index (Phi) is 3.45. The minimum Gasteiger partial charge on any atom is -0.508 e. The van der Waals surface area contributed by atoms with Crippen molar-refractivity contribution in [1.82, 2.24) is 4.98 Å². The van der Waals surface area contributed by atoms with E-state index in [2.05, 4.69) is 9.71 Å². The molecule has 0 fully saturated rings. The summed E-state index contributed by atoms with van der Waals surface area (Å²) in [7, 11) is -3.96. The van der Waals surface area contributed by atoms with Crippen LogP contribution >= 0.6 is 0 Å². The summed E-state index contributed by atoms with van der Waals surface area (Å²) in [5, 5.41) is 19.9. The van der Waals surface area contributed by atoms with Gasteiger partial charge >= 0.3 is 0 Å². The summed E-state index contributed by atoms with van der Waals surface area (Å²) in [5.41, 5.74) is 3.40. The maximum absolute atomic E-state index is 12.4. The fourth-order valence-corrected chi connectivity index (χ4v) is 3.60. The second-order valence-corrected chi connectivity index (χ2v) is 7.04. The predicted molar refractivity (Wildman–Crippen MR) is 88.4 cm³/mol. The van der Waals surface area contributed by atoms with Gasteiger partial charge in [-0.15, -0.1) is 0 Å². The number of hydrogen-bond acceptors (Lipinski definition) is 4. The third-order valence-electron chi connectivity index (χ3n) is 3.79. The van der Waals surface area contributed by atoms with Crippen LogP contribution in [0.3, 0.4) is 0 Å². The van der Waals surface area contributed by atoms with Gasteiger partial charge in [0, 0.05) is 28.4 Å². The highest BCUT2D eigenvalue weighted by atomic mass is 32.2. The maximum Gasteiger partial charge on any atom is 0.265 e. The summed E-state index contributed by atoms with van der Waals surface area (Å²) in [5.74, 6) is -0.714. The van der Waals surface area contributed by atoms with Gasteiger partial charge in [0.15, 0.2) is 0 Å². The molecule has 0 amide bonds. The number of fused-ring (bicyclic) bond motifs is 1. The maximum atomic E-state index is 12.4. The van der Waals surface area contributed by atoms with E-state index in [9.17, 15) is 18.6 Å². The number of phenols is 2. The van der Waals surface area contributed by atoms with Crippen LogP contribution in [0.4, 0.5) is 5.69 Å². The van der Waals surface area contributed by atoms with E-state index >= 15 is 0 Å². The molecular formula is C16H16N2O4S. The first-order valence-corrected chi connectivity index (χ1v) is 8.40. The first-order valence-electron chi connectivity index (χ1n) is 6.91. The number of aromatic hydroxyl groups is 2. The Hall–Kier alpha value is -2.67. The summed E-state index contributed by atoms with van der Waals surface area (Å²) < 4.78 is 27.2. The normalized spacial score (nSPS) is 11.7. The lowest BCUT2D eigenvalue weighted by Gasteiger charge is -2.10. The average Bonchev–Trinajstić information content (AvgIpc) is 2.73. The molecule has 6 nitrogen and oxygen atoms in total. The topological polar surface area (TPSA) is 102 Å². The quantitative estimate of drug-likeness (QED) is 0.592. The molecular weight excluding hydrogens is 316 g/mol. The second-order valence-electron chi connectivity index (χ2n) is 5.39. The third kappa shape index (κ3) is 2.70. The zero-order valence-electron chi connectivity index (χ0n) is 12.6. The van der Waals surface area contributed by atoms with Crippen LogP contribution in [0.15, 0.2) is 41.3 Å². The molecule has 3 aromatic rings. The van der Waals surface area contributed by atoms with Crippen LogP contribution in [-0.2, 0) is 10.0 Å². The van der Waals surface area contributed by atoms with Gasteiger partial charge in [0.25, 0.3) is 10.0 Å². The average molecular weight is 332 g/mol. The van der Waals surface area contributed by atoms with E-state index in [1.807, 2.05) is 13.8 Å². The number of aryl methyl sites for hydroxylation is 2. The van der Waals surface area contributed by atoms with E-state index in [0.717, 1.165) is 34.3 Å². The fourth-order valence-electron chi connectivity index (χ4n) is 2.47. The molecule has 120 valence electrons. The molecule has 0 radical (unpaired) electrons. The van der Waals surface area contributed by atoms with Crippen molar-refractivity contribution in [3.63, 3.8) is 0 Å². The van der Waals surface area contributed by atoms with Crippen molar-refractivity contribution in [2.24, 2.45) is 0 Å². The Labute approximate surface area is 133 Å². The van der Waals surface area contributed by atoms with Crippen molar-refractivity contribution >= 4 is 26.6 Å². The lowest BCUT2D eigenvalue weighted by molar-refractivity contribution is 0.440. The lowest BCUT2D eigenvalue weighted by atomic mass is 10.1. The van der Waals surface area contributed by atoms with Crippen molar-refractivity contribution in [2.45, 2.75) is 18.7 Å². The highest BCUT2D eigenvalue weighted by Crippen LogP contribution is 2.30. The van der Waals surface area contributed by atoms with Crippen LogP contribution in [-0.4, -0.2) is 23.6 Å². The van der Waals surface area contributed by atoms with Crippen molar-refractivity contribution in [3.05, 3.63) is 47.7 Å². The minimum absolute atomic E-state index is 0.207. The minimum atomic E-state index is -3.96. The number of anilines is 1. The van der Waals surface area contributed by atoms with Gasteiger partial charge in [-0.05, 0) is 49.7 Å². The molecule has 0 saturated carbocycles. The fraction of sp³-hybridized carbons (Fsp3) is 0.125. The van der Waals surface area contributed by atoms with Gasteiger partial charge in [0.2, 0.25) is 0 Å². The first-order chi connectivity index (χ1) is 10.8. The molecule has 0 spiro atoms. The van der Waals surface area contributed by atoms with Crippen molar-refractivity contribution in [2.75, 3.05) is 4.72 Å². The zero-order chi connectivity index (χ0) is 16.8. The van der Waals surface area contributed by atoms with Crippen LogP contribution < -0.4 is 4.72 Å². The van der Waals surface area contributed by atoms with Crippen LogP contribution in [0.1, 0.15) is 11.3 Å². The molecule has 7 heteroatoms. The van der Waals surface area contributed by atoms with E-state index in [-0.39, 0.29) is 10.6 Å². The molecule has 4 N–H and O–H groups in total. The number of phenolic OH excluding ortho intramolecular Hbond substituents is 2. The largest absolute Gasteiger partial charge is 0.508 e. The van der Waals surface area contributed by atoms with Gasteiger partial charge in [-0.1, -0.05) is 0 Å². The number of rotatable bonds is 3. The van der Waals surface area contributed by atoms with Crippen LogP contribution in [0, 0.1) is 13.8 Å². The highest BCUT2D eigenvalue weighted by molar-refractivity contribution is 7.92. The number of nitrogens with one attached hydrogen (secondary N) is 2. The lowest BCUT2D eigenvalue weighted by Crippen LogP contribution is -2.13. The van der Waals surface area contributed by atoms with E-state index < -0.39 is 15.8 Å². The van der Waals surface area contributed by atoms with E-state index in [1.54, 1.807) is 18.2 Å². The van der Waals surface area contributed by atoms with Gasteiger partial charge in [0.1, 0.15) is 16.4 Å². The third-order valence-corrected chi connectivity index (χ3v) is 5.22. The molecule has 23 heavy (non-hydrogen) atoms. The number of H-pyrrole nitrogens is 1. The van der Waals surface area contributed by atoms with E-state index in [4.69, 9.17) is 0 Å². The number of hydrogen-bond donors (Lipinski definition) is 4. The molecule has 0 bridgehead atoms. The summed E-state index contributed by atoms with van der Waals surface area (Å²) >= 11 is 0. The number of benzene rings is 2. The predicted octanol–water partition coefficient (Wildman–Crippen LogP) is 3.00. The number of sulfonamides is 1. The molecule has 1 heterocycles. The van der Waals surface area contributed by atoms with Gasteiger partial charge in [0.05, 0.1) is 0 Å². The molecule has 0 atom stereocenters. The number of aromatic amines is 1. The van der Waals surface area contributed by atoms with Crippen LogP contribution in [0.25, 0.3) is 10.9 Å². The molecule has 0 aliphatic rings. The summed E-state index contributed by atoms with van der Waals surface area (Å²) in [6, 6.07) is 8.52. The molecule has 0 unspecified atom stereocenters. The molecule has 2 aromatic carbocycles. The number of aromatic nitrogens is 1. The van der Waals surface area contributed by atoms with Gasteiger partial charge in [-0.2, -0.15) is 0 Å². The molecule has 0 aliphatic heterocycles. The Balaban J connectivity index is 2.01. The van der Waals surface area contributed by atoms with Crippen LogP contribution in [0.2, 0.25) is 0 Å². The molecule has 0 aliphatic carbocycles. The van der Waals surface area contributed by atoms with Crippen LogP contribution in [0.5, 0.6) is 11.5 Å². The summed E-state index contributed by atoms with van der Waals surface area (Å²) in [6.07, 6.45) is 0. The molecule has 1 aromatic heterocycles. The highest BCUT2D eigenvalue weighted by Gasteiger charge is 2.19. The standard InChI is InChI=1S/C16H16N2O4S/c1-9-10(2)17-14-5-3-11(7-13(9)14)18-23(21,22)16-6-4-12(19)8-15(16)20/h3-8,17-20H,1-2H3. The van der Waals surface area contributed by atoms with Crippen molar-refractivity contribution < 1.29 is 18.6 Å². The van der Waals surface area contributed by atoms with Gasteiger partial charge in [-0.25, -0.2) is 8.42 Å².